The summed E-state index contributed by atoms with van der Waals surface area (Å²) >= 11 is 6.10. The first-order chi connectivity index (χ1) is 11.1. The number of anilines is 2. The van der Waals surface area contributed by atoms with E-state index in [0.717, 1.165) is 43.4 Å². The molecule has 0 atom stereocenters. The van der Waals surface area contributed by atoms with Crippen LogP contribution in [0.25, 0.3) is 0 Å². The van der Waals surface area contributed by atoms with Crippen molar-refractivity contribution in [2.45, 2.75) is 13.5 Å². The van der Waals surface area contributed by atoms with Crippen LogP contribution in [-0.2, 0) is 6.54 Å². The van der Waals surface area contributed by atoms with Crippen LogP contribution in [0.2, 0.25) is 5.02 Å². The number of likely N-dealkylation sites (N-methyl/N-ethyl adjacent to an activating group) is 1. The third kappa shape index (κ3) is 4.40. The summed E-state index contributed by atoms with van der Waals surface area (Å²) in [5.41, 5.74) is 4.84. The molecule has 1 N–H and O–H groups in total. The van der Waals surface area contributed by atoms with E-state index in [9.17, 15) is 0 Å². The van der Waals surface area contributed by atoms with Crippen molar-refractivity contribution in [1.82, 2.24) is 4.90 Å². The van der Waals surface area contributed by atoms with Crippen molar-refractivity contribution in [3.05, 3.63) is 58.6 Å². The number of hydrogen-bond acceptors (Lipinski definition) is 3. The zero-order chi connectivity index (χ0) is 16.2. The maximum Gasteiger partial charge on any atom is 0.0429 e. The van der Waals surface area contributed by atoms with E-state index in [1.165, 1.54) is 16.8 Å². The summed E-state index contributed by atoms with van der Waals surface area (Å²) in [5, 5.41) is 4.22. The fraction of sp³-hybridized carbons (Fsp3) is 0.368. The van der Waals surface area contributed by atoms with Gasteiger partial charge in [-0.05, 0) is 55.4 Å². The van der Waals surface area contributed by atoms with Gasteiger partial charge in [-0.15, -0.1) is 0 Å². The first-order valence-electron chi connectivity index (χ1n) is 8.14. The molecule has 122 valence electrons. The molecule has 1 saturated heterocycles. The Morgan fingerprint density at radius 1 is 1.00 bits per heavy atom. The van der Waals surface area contributed by atoms with Gasteiger partial charge < -0.3 is 15.1 Å². The Labute approximate surface area is 143 Å². The van der Waals surface area contributed by atoms with E-state index >= 15 is 0 Å². The topological polar surface area (TPSA) is 18.5 Å². The molecule has 0 bridgehead atoms. The molecule has 3 rings (SSSR count). The van der Waals surface area contributed by atoms with Crippen molar-refractivity contribution >= 4 is 23.0 Å². The van der Waals surface area contributed by atoms with Crippen LogP contribution in [0.1, 0.15) is 11.1 Å². The molecule has 1 heterocycles. The van der Waals surface area contributed by atoms with Crippen LogP contribution in [0, 0.1) is 6.92 Å². The Morgan fingerprint density at radius 3 is 2.35 bits per heavy atom. The molecule has 0 aromatic heterocycles. The summed E-state index contributed by atoms with van der Waals surface area (Å²) < 4.78 is 0. The molecule has 0 unspecified atom stereocenters. The first kappa shape index (κ1) is 16.2. The average molecular weight is 330 g/mol. The number of rotatable bonds is 4. The van der Waals surface area contributed by atoms with Gasteiger partial charge in [0.25, 0.3) is 0 Å². The minimum atomic E-state index is 0.776. The maximum atomic E-state index is 6.10. The van der Waals surface area contributed by atoms with Gasteiger partial charge in [-0.25, -0.2) is 0 Å². The number of benzene rings is 2. The van der Waals surface area contributed by atoms with E-state index < -0.39 is 0 Å². The van der Waals surface area contributed by atoms with Crippen molar-refractivity contribution in [3.63, 3.8) is 0 Å². The molecule has 0 amide bonds. The summed E-state index contributed by atoms with van der Waals surface area (Å²) in [7, 11) is 2.18. The van der Waals surface area contributed by atoms with Gasteiger partial charge in [0, 0.05) is 49.1 Å². The van der Waals surface area contributed by atoms with E-state index in [4.69, 9.17) is 11.6 Å². The number of nitrogens with zero attached hydrogens (tertiary/aromatic N) is 2. The molecule has 0 saturated carbocycles. The zero-order valence-electron chi connectivity index (χ0n) is 13.8. The smallest absolute Gasteiger partial charge is 0.0429 e. The summed E-state index contributed by atoms with van der Waals surface area (Å²) in [6.45, 7) is 7.35. The predicted octanol–water partition coefficient (Wildman–Crippen LogP) is 4.01. The van der Waals surface area contributed by atoms with Crippen LogP contribution in [0.4, 0.5) is 11.4 Å². The van der Waals surface area contributed by atoms with Crippen LogP contribution in [0.15, 0.2) is 42.5 Å². The van der Waals surface area contributed by atoms with E-state index in [1.807, 2.05) is 12.1 Å². The second-order valence-corrected chi connectivity index (χ2v) is 6.76. The maximum absolute atomic E-state index is 6.10. The largest absolute Gasteiger partial charge is 0.381 e. The monoisotopic (exact) mass is 329 g/mol. The molecule has 2 aromatic carbocycles. The van der Waals surface area contributed by atoms with Gasteiger partial charge in [-0.1, -0.05) is 23.7 Å². The third-order valence-corrected chi connectivity index (χ3v) is 4.56. The molecule has 3 nitrogen and oxygen atoms in total. The van der Waals surface area contributed by atoms with Gasteiger partial charge in [-0.2, -0.15) is 0 Å². The Balaban J connectivity index is 1.59. The van der Waals surface area contributed by atoms with E-state index in [-0.39, 0.29) is 0 Å². The summed E-state index contributed by atoms with van der Waals surface area (Å²) in [5.74, 6) is 0. The van der Waals surface area contributed by atoms with Gasteiger partial charge in [0.2, 0.25) is 0 Å². The van der Waals surface area contributed by atoms with Crippen LogP contribution in [-0.4, -0.2) is 38.1 Å². The van der Waals surface area contributed by atoms with Gasteiger partial charge in [0.15, 0.2) is 0 Å². The van der Waals surface area contributed by atoms with Gasteiger partial charge >= 0.3 is 0 Å². The lowest BCUT2D eigenvalue weighted by Gasteiger charge is -2.34. The van der Waals surface area contributed by atoms with Crippen LogP contribution < -0.4 is 10.2 Å². The number of halogens is 1. The van der Waals surface area contributed by atoms with Crippen molar-refractivity contribution in [2.24, 2.45) is 0 Å². The third-order valence-electron chi connectivity index (χ3n) is 4.34. The minimum Gasteiger partial charge on any atom is -0.381 e. The molecule has 23 heavy (non-hydrogen) atoms. The molecule has 1 aliphatic rings. The SMILES string of the molecule is Cc1cc(Cl)cc(NCc2ccc(N3CCN(C)CC3)cc2)c1. The number of aryl methyl sites for hydroxylation is 1. The summed E-state index contributed by atoms with van der Waals surface area (Å²) in [4.78, 5) is 4.83. The van der Waals surface area contributed by atoms with Crippen molar-refractivity contribution in [3.8, 4) is 0 Å². The van der Waals surface area contributed by atoms with E-state index in [2.05, 4.69) is 59.4 Å². The molecular weight excluding hydrogens is 306 g/mol. The van der Waals surface area contributed by atoms with E-state index in [1.54, 1.807) is 0 Å². The first-order valence-corrected chi connectivity index (χ1v) is 8.51. The molecule has 0 radical (unpaired) electrons. The quantitative estimate of drug-likeness (QED) is 0.914. The molecule has 1 aliphatic heterocycles. The highest BCUT2D eigenvalue weighted by molar-refractivity contribution is 6.30. The average Bonchev–Trinajstić information content (AvgIpc) is 2.53. The second kappa shape index (κ2) is 7.24. The summed E-state index contributed by atoms with van der Waals surface area (Å²) in [6, 6.07) is 14.9. The lowest BCUT2D eigenvalue weighted by molar-refractivity contribution is 0.313. The number of nitrogens with one attached hydrogen (secondary N) is 1. The lowest BCUT2D eigenvalue weighted by atomic mass is 10.1. The van der Waals surface area contributed by atoms with Crippen LogP contribution in [0.3, 0.4) is 0 Å². The Kier molecular flexibility index (Phi) is 5.09. The second-order valence-electron chi connectivity index (χ2n) is 6.33. The fourth-order valence-electron chi connectivity index (χ4n) is 2.93. The normalized spacial score (nSPS) is 15.7. The highest BCUT2D eigenvalue weighted by atomic mass is 35.5. The summed E-state index contributed by atoms with van der Waals surface area (Å²) in [6.07, 6.45) is 0. The van der Waals surface area contributed by atoms with Gasteiger partial charge in [-0.3, -0.25) is 0 Å². The van der Waals surface area contributed by atoms with Crippen molar-refractivity contribution < 1.29 is 0 Å². The van der Waals surface area contributed by atoms with Crippen molar-refractivity contribution in [1.29, 1.82) is 0 Å². The standard InChI is InChI=1S/C19H24ClN3/c1-15-11-17(20)13-18(12-15)21-14-16-3-5-19(6-4-16)23-9-7-22(2)8-10-23/h3-6,11-13,21H,7-10,14H2,1-2H3. The van der Waals surface area contributed by atoms with Crippen LogP contribution in [0.5, 0.6) is 0 Å². The molecule has 4 heteroatoms. The van der Waals surface area contributed by atoms with E-state index in [0.29, 0.717) is 0 Å². The minimum absolute atomic E-state index is 0.776. The Hall–Kier alpha value is -1.71. The Bertz CT molecular complexity index is 626. The number of piperazine rings is 1. The molecule has 0 aliphatic carbocycles. The molecule has 0 spiro atoms. The fourth-order valence-corrected chi connectivity index (χ4v) is 3.22. The van der Waals surface area contributed by atoms with Crippen molar-refractivity contribution in [2.75, 3.05) is 43.4 Å². The highest BCUT2D eigenvalue weighted by Crippen LogP contribution is 2.20. The predicted molar refractivity (Wildman–Crippen MR) is 99.7 cm³/mol. The number of hydrogen-bond donors (Lipinski definition) is 1. The highest BCUT2D eigenvalue weighted by Gasteiger charge is 2.13. The lowest BCUT2D eigenvalue weighted by Crippen LogP contribution is -2.44. The van der Waals surface area contributed by atoms with Gasteiger partial charge in [0.05, 0.1) is 0 Å². The molecule has 2 aromatic rings. The van der Waals surface area contributed by atoms with Crippen LogP contribution >= 0.6 is 11.6 Å². The van der Waals surface area contributed by atoms with Gasteiger partial charge in [0.1, 0.15) is 0 Å². The molecular formula is C19H24ClN3. The molecule has 1 fully saturated rings. The Morgan fingerprint density at radius 2 is 1.70 bits per heavy atom. The zero-order valence-corrected chi connectivity index (χ0v) is 14.6.